The van der Waals surface area contributed by atoms with Crippen LogP contribution in [0.4, 0.5) is 0 Å². The average molecular weight is 258 g/mol. The smallest absolute Gasteiger partial charge is 0.0845 e. The van der Waals surface area contributed by atoms with Crippen LogP contribution < -0.4 is 5.32 Å². The van der Waals surface area contributed by atoms with E-state index in [9.17, 15) is 0 Å². The maximum atomic E-state index is 4.65. The van der Waals surface area contributed by atoms with Crippen LogP contribution in [0.15, 0.2) is 28.2 Å². The van der Waals surface area contributed by atoms with Crippen LogP contribution in [0, 0.1) is 0 Å². The van der Waals surface area contributed by atoms with Gasteiger partial charge in [0.2, 0.25) is 0 Å². The summed E-state index contributed by atoms with van der Waals surface area (Å²) in [4.78, 5) is 13.8. The number of aromatic nitrogens is 1. The van der Waals surface area contributed by atoms with Crippen molar-refractivity contribution in [3.05, 3.63) is 29.6 Å². The van der Waals surface area contributed by atoms with E-state index in [1.54, 1.807) is 0 Å². The molecule has 1 aliphatic heterocycles. The Morgan fingerprint density at radius 2 is 1.42 bits per heavy atom. The molecule has 0 saturated heterocycles. The number of rotatable bonds is 0. The second-order valence-corrected chi connectivity index (χ2v) is 4.80. The van der Waals surface area contributed by atoms with Crippen molar-refractivity contribution < 1.29 is 0 Å². The molecule has 0 fully saturated rings. The minimum Gasteiger partial charge on any atom is -0.317 e. The third-order valence-electron chi connectivity index (χ3n) is 3.21. The van der Waals surface area contributed by atoms with Crippen LogP contribution in [0.1, 0.15) is 38.1 Å². The molecule has 0 aromatic carbocycles. The van der Waals surface area contributed by atoms with Gasteiger partial charge >= 0.3 is 0 Å². The number of hydrogen-bond donors (Lipinski definition) is 1. The predicted octanol–water partition coefficient (Wildman–Crippen LogP) is 2.08. The lowest BCUT2D eigenvalue weighted by Gasteiger charge is -2.07. The highest BCUT2D eigenvalue weighted by atomic mass is 14.9. The fourth-order valence-electron chi connectivity index (χ4n) is 2.03. The Morgan fingerprint density at radius 1 is 0.895 bits per heavy atom. The molecule has 2 rings (SSSR count). The van der Waals surface area contributed by atoms with Gasteiger partial charge in [-0.2, -0.15) is 0 Å². The zero-order valence-electron chi connectivity index (χ0n) is 11.8. The maximum Gasteiger partial charge on any atom is 0.0845 e. The number of hydrogen-bond acceptors (Lipinski definition) is 4. The van der Waals surface area contributed by atoms with Crippen molar-refractivity contribution >= 4 is 11.4 Å². The summed E-state index contributed by atoms with van der Waals surface area (Å²) in [5.41, 5.74) is 3.92. The van der Waals surface area contributed by atoms with Crippen molar-refractivity contribution in [3.8, 4) is 0 Å². The van der Waals surface area contributed by atoms with Gasteiger partial charge in [-0.1, -0.05) is 6.07 Å². The van der Waals surface area contributed by atoms with Gasteiger partial charge in [-0.25, -0.2) is 4.98 Å². The molecule has 102 valence electrons. The minimum atomic E-state index is 0.859. The third-order valence-corrected chi connectivity index (χ3v) is 3.21. The molecule has 4 nitrogen and oxygen atoms in total. The van der Waals surface area contributed by atoms with Crippen LogP contribution in [0.5, 0.6) is 0 Å². The molecule has 0 atom stereocenters. The first-order chi connectivity index (χ1) is 9.27. The third kappa shape index (κ3) is 4.24. The molecule has 2 heterocycles. The van der Waals surface area contributed by atoms with Crippen molar-refractivity contribution in [3.63, 3.8) is 0 Å². The summed E-state index contributed by atoms with van der Waals surface area (Å²) in [6, 6.07) is 6.06. The summed E-state index contributed by atoms with van der Waals surface area (Å²) in [6.07, 6.45) is 2.14. The summed E-state index contributed by atoms with van der Waals surface area (Å²) in [7, 11) is 0. The molecule has 1 aromatic rings. The molecular formula is C15H22N4. The van der Waals surface area contributed by atoms with E-state index in [2.05, 4.69) is 20.3 Å². The number of aliphatic imine (C=N–C) groups is 2. The second-order valence-electron chi connectivity index (χ2n) is 4.80. The van der Waals surface area contributed by atoms with Gasteiger partial charge in [0.05, 0.1) is 22.8 Å². The lowest BCUT2D eigenvalue weighted by atomic mass is 10.2. The quantitative estimate of drug-likeness (QED) is 0.774. The Morgan fingerprint density at radius 3 is 1.95 bits per heavy atom. The van der Waals surface area contributed by atoms with Crippen LogP contribution >= 0.6 is 0 Å². The molecule has 1 aliphatic rings. The second kappa shape index (κ2) is 7.14. The Bertz CT molecular complexity index is 438. The van der Waals surface area contributed by atoms with Crippen molar-refractivity contribution in [2.45, 2.75) is 26.7 Å². The molecule has 4 heteroatoms. The molecule has 0 spiro atoms. The molecular weight excluding hydrogens is 236 g/mol. The first-order valence-corrected chi connectivity index (χ1v) is 6.98. The maximum absolute atomic E-state index is 4.65. The van der Waals surface area contributed by atoms with Crippen molar-refractivity contribution in [2.75, 3.05) is 26.2 Å². The number of nitrogens with zero attached hydrogens (tertiary/aromatic N) is 3. The highest BCUT2D eigenvalue weighted by Crippen LogP contribution is 2.04. The van der Waals surface area contributed by atoms with Gasteiger partial charge < -0.3 is 5.32 Å². The molecule has 0 amide bonds. The van der Waals surface area contributed by atoms with Crippen molar-refractivity contribution in [1.29, 1.82) is 0 Å². The van der Waals surface area contributed by atoms with E-state index >= 15 is 0 Å². The fourth-order valence-corrected chi connectivity index (χ4v) is 2.03. The number of fused-ring (bicyclic) bond motifs is 2. The van der Waals surface area contributed by atoms with Gasteiger partial charge in [-0.3, -0.25) is 9.98 Å². The van der Waals surface area contributed by atoms with Crippen molar-refractivity contribution in [1.82, 2.24) is 10.3 Å². The molecule has 19 heavy (non-hydrogen) atoms. The number of pyridine rings is 1. The fraction of sp³-hybridized carbons (Fsp3) is 0.533. The monoisotopic (exact) mass is 258 g/mol. The van der Waals surface area contributed by atoms with Gasteiger partial charge in [-0.05, 0) is 51.9 Å². The Labute approximate surface area is 115 Å². The lowest BCUT2D eigenvalue weighted by molar-refractivity contribution is 0.632. The highest BCUT2D eigenvalue weighted by Gasteiger charge is 2.04. The average Bonchev–Trinajstić information content (AvgIpc) is 2.44. The molecule has 1 aromatic heterocycles. The summed E-state index contributed by atoms with van der Waals surface area (Å²) in [5.74, 6) is 0. The molecule has 2 bridgehead atoms. The molecule has 0 saturated carbocycles. The molecule has 0 unspecified atom stereocenters. The van der Waals surface area contributed by atoms with Crippen LogP contribution in [0.25, 0.3) is 0 Å². The Kier molecular flexibility index (Phi) is 5.21. The summed E-state index contributed by atoms with van der Waals surface area (Å²) in [6.45, 7) is 7.81. The van der Waals surface area contributed by atoms with Crippen LogP contribution in [-0.2, 0) is 0 Å². The number of nitrogens with one attached hydrogen (secondary N) is 1. The Balaban J connectivity index is 2.25. The lowest BCUT2D eigenvalue weighted by Crippen LogP contribution is -2.18. The summed E-state index contributed by atoms with van der Waals surface area (Å²) in [5, 5.41) is 3.42. The van der Waals surface area contributed by atoms with Crippen LogP contribution in [0.2, 0.25) is 0 Å². The van der Waals surface area contributed by atoms with Gasteiger partial charge in [0.25, 0.3) is 0 Å². The van der Waals surface area contributed by atoms with Gasteiger partial charge in [0, 0.05) is 13.1 Å². The minimum absolute atomic E-state index is 0.859. The Hall–Kier alpha value is -1.55. The first kappa shape index (κ1) is 13.9. The normalized spacial score (nSPS) is 23.7. The van der Waals surface area contributed by atoms with Crippen LogP contribution in [-0.4, -0.2) is 42.6 Å². The van der Waals surface area contributed by atoms with E-state index in [4.69, 9.17) is 0 Å². The first-order valence-electron chi connectivity index (χ1n) is 6.98. The highest BCUT2D eigenvalue weighted by molar-refractivity contribution is 6.00. The van der Waals surface area contributed by atoms with E-state index < -0.39 is 0 Å². The topological polar surface area (TPSA) is 49.6 Å². The van der Waals surface area contributed by atoms with Crippen LogP contribution in [0.3, 0.4) is 0 Å². The zero-order valence-corrected chi connectivity index (χ0v) is 11.8. The van der Waals surface area contributed by atoms with Gasteiger partial charge in [0.1, 0.15) is 0 Å². The predicted molar refractivity (Wildman–Crippen MR) is 80.5 cm³/mol. The van der Waals surface area contributed by atoms with Crippen molar-refractivity contribution in [2.24, 2.45) is 9.98 Å². The molecule has 0 radical (unpaired) electrons. The SMILES string of the molecule is C/C1=N/CCCNCCC/N=C(\C)c2cccc1n2. The van der Waals surface area contributed by atoms with E-state index in [-0.39, 0.29) is 0 Å². The molecule has 0 aliphatic carbocycles. The molecule has 1 N–H and O–H groups in total. The summed E-state index contributed by atoms with van der Waals surface area (Å²) >= 11 is 0. The van der Waals surface area contributed by atoms with E-state index in [0.29, 0.717) is 0 Å². The van der Waals surface area contributed by atoms with Gasteiger partial charge in [-0.15, -0.1) is 0 Å². The standard InChI is InChI=1S/C15H22N4/c1-12-14-6-3-7-15(19-14)13(2)18-11-5-9-16-8-4-10-17-12/h3,6-7,16H,4-5,8-11H2,1-2H3/b17-12-,18-13+. The van der Waals surface area contributed by atoms with E-state index in [0.717, 1.165) is 61.8 Å². The zero-order chi connectivity index (χ0) is 13.5. The van der Waals surface area contributed by atoms with E-state index in [1.165, 1.54) is 0 Å². The largest absolute Gasteiger partial charge is 0.317 e. The van der Waals surface area contributed by atoms with E-state index in [1.807, 2.05) is 32.0 Å². The van der Waals surface area contributed by atoms with Gasteiger partial charge in [0.15, 0.2) is 0 Å². The summed E-state index contributed by atoms with van der Waals surface area (Å²) < 4.78 is 0.